The minimum Gasteiger partial charge on any atom is -0.346 e. The fraction of sp³-hybridized carbons (Fsp3) is 0.360. The van der Waals surface area contributed by atoms with Crippen molar-refractivity contribution in [3.8, 4) is 11.3 Å². The Morgan fingerprint density at radius 3 is 2.33 bits per heavy atom. The predicted octanol–water partition coefficient (Wildman–Crippen LogP) is 4.31. The monoisotopic (exact) mass is 468 g/mol. The summed E-state index contributed by atoms with van der Waals surface area (Å²) in [6.45, 7) is 8.19. The normalized spacial score (nSPS) is 13.0. The van der Waals surface area contributed by atoms with Crippen LogP contribution in [0.25, 0.3) is 11.3 Å². The average Bonchev–Trinajstić information content (AvgIpc) is 3.27. The Labute approximate surface area is 196 Å². The number of hydrogen-bond acceptors (Lipinski definition) is 4. The summed E-state index contributed by atoms with van der Waals surface area (Å²) in [5, 5.41) is 2.93. The van der Waals surface area contributed by atoms with Crippen LogP contribution in [-0.2, 0) is 20.2 Å². The molecule has 3 rings (SSSR count). The van der Waals surface area contributed by atoms with Gasteiger partial charge in [-0.05, 0) is 35.1 Å². The number of benzene rings is 2. The van der Waals surface area contributed by atoms with Crippen molar-refractivity contribution in [1.29, 1.82) is 0 Å². The largest absolute Gasteiger partial charge is 0.346 e. The lowest BCUT2D eigenvalue weighted by atomic mass is 9.87. The van der Waals surface area contributed by atoms with Crippen LogP contribution in [0.1, 0.15) is 58.0 Å². The quantitative estimate of drug-likeness (QED) is 0.435. The van der Waals surface area contributed by atoms with Gasteiger partial charge < -0.3 is 10.3 Å². The Balaban J connectivity index is 1.54. The number of rotatable bonds is 9. The molecule has 1 aromatic heterocycles. The van der Waals surface area contributed by atoms with Crippen LogP contribution in [0.15, 0.2) is 65.7 Å². The molecule has 0 aliphatic rings. The summed E-state index contributed by atoms with van der Waals surface area (Å²) >= 11 is 0. The van der Waals surface area contributed by atoms with Gasteiger partial charge in [-0.3, -0.25) is 4.79 Å². The van der Waals surface area contributed by atoms with Crippen molar-refractivity contribution in [2.24, 2.45) is 0 Å². The van der Waals surface area contributed by atoms with Crippen molar-refractivity contribution in [1.82, 2.24) is 20.0 Å². The molecule has 0 saturated carbocycles. The van der Waals surface area contributed by atoms with Gasteiger partial charge in [-0.1, -0.05) is 70.2 Å². The van der Waals surface area contributed by atoms with E-state index in [1.807, 2.05) is 49.4 Å². The van der Waals surface area contributed by atoms with Crippen LogP contribution < -0.4 is 10.0 Å². The lowest BCUT2D eigenvalue weighted by molar-refractivity contribution is -0.121. The maximum Gasteiger partial charge on any atom is 0.240 e. The molecule has 0 bridgehead atoms. The van der Waals surface area contributed by atoms with E-state index in [0.717, 1.165) is 16.8 Å². The van der Waals surface area contributed by atoms with E-state index in [2.05, 4.69) is 40.8 Å². The number of carbonyl (C=O) groups is 1. The number of hydrogen-bond donors (Lipinski definition) is 3. The first-order valence-corrected chi connectivity index (χ1v) is 12.6. The molecule has 7 nitrogen and oxygen atoms in total. The topological polar surface area (TPSA) is 104 Å². The number of nitrogens with zero attached hydrogens (tertiary/aromatic N) is 1. The Morgan fingerprint density at radius 1 is 1.06 bits per heavy atom. The summed E-state index contributed by atoms with van der Waals surface area (Å²) in [6.07, 6.45) is 2.43. The highest BCUT2D eigenvalue weighted by Gasteiger charge is 2.19. The molecule has 0 radical (unpaired) electrons. The Hall–Kier alpha value is -2.97. The number of imidazole rings is 1. The Kier molecular flexibility index (Phi) is 7.71. The van der Waals surface area contributed by atoms with Gasteiger partial charge in [0, 0.05) is 13.0 Å². The van der Waals surface area contributed by atoms with Gasteiger partial charge in [0.2, 0.25) is 15.9 Å². The minimum atomic E-state index is -3.68. The van der Waals surface area contributed by atoms with E-state index in [4.69, 9.17) is 0 Å². The van der Waals surface area contributed by atoms with Crippen LogP contribution in [0, 0.1) is 0 Å². The van der Waals surface area contributed by atoms with Gasteiger partial charge in [0.05, 0.1) is 22.8 Å². The molecule has 0 saturated heterocycles. The molecule has 0 spiro atoms. The van der Waals surface area contributed by atoms with Crippen LogP contribution in [0.4, 0.5) is 0 Å². The van der Waals surface area contributed by atoms with E-state index in [0.29, 0.717) is 12.2 Å². The third-order valence-electron chi connectivity index (χ3n) is 5.43. The molecule has 0 aliphatic heterocycles. The average molecular weight is 469 g/mol. The van der Waals surface area contributed by atoms with E-state index < -0.39 is 10.0 Å². The molecule has 1 amide bonds. The third kappa shape index (κ3) is 6.52. The van der Waals surface area contributed by atoms with Crippen molar-refractivity contribution in [2.45, 2.75) is 56.9 Å². The van der Waals surface area contributed by atoms with E-state index in [1.54, 1.807) is 18.3 Å². The van der Waals surface area contributed by atoms with Gasteiger partial charge in [0.15, 0.2) is 0 Å². The number of aromatic nitrogens is 2. The van der Waals surface area contributed by atoms with Gasteiger partial charge in [0.25, 0.3) is 0 Å². The molecular formula is C25H32N4O3S. The summed E-state index contributed by atoms with van der Waals surface area (Å²) in [5.74, 6) is 0.425. The van der Waals surface area contributed by atoms with Gasteiger partial charge >= 0.3 is 0 Å². The molecule has 1 heterocycles. The van der Waals surface area contributed by atoms with Crippen molar-refractivity contribution in [3.63, 3.8) is 0 Å². The number of amides is 1. The van der Waals surface area contributed by atoms with Gasteiger partial charge in [0.1, 0.15) is 5.82 Å². The molecule has 3 N–H and O–H groups in total. The second-order valence-electron chi connectivity index (χ2n) is 9.00. The molecule has 8 heteroatoms. The number of nitrogens with one attached hydrogen (secondary N) is 3. The zero-order chi connectivity index (χ0) is 24.1. The molecular weight excluding hydrogens is 436 g/mol. The molecule has 3 aromatic rings. The first-order valence-electron chi connectivity index (χ1n) is 11.1. The van der Waals surface area contributed by atoms with E-state index in [1.165, 1.54) is 0 Å². The third-order valence-corrected chi connectivity index (χ3v) is 6.91. The highest BCUT2D eigenvalue weighted by molar-refractivity contribution is 7.89. The molecule has 0 fully saturated rings. The number of H-pyrrole nitrogens is 1. The molecule has 176 valence electrons. The maximum absolute atomic E-state index is 12.6. The van der Waals surface area contributed by atoms with Crippen molar-refractivity contribution in [3.05, 3.63) is 72.2 Å². The van der Waals surface area contributed by atoms with E-state index in [9.17, 15) is 13.2 Å². The zero-order valence-electron chi connectivity index (χ0n) is 19.6. The van der Waals surface area contributed by atoms with Crippen LogP contribution in [0.2, 0.25) is 0 Å². The molecule has 0 aliphatic carbocycles. The van der Waals surface area contributed by atoms with Crippen molar-refractivity contribution in [2.75, 3.05) is 6.54 Å². The minimum absolute atomic E-state index is 0.0129. The zero-order valence-corrected chi connectivity index (χ0v) is 20.4. The van der Waals surface area contributed by atoms with E-state index in [-0.39, 0.29) is 35.2 Å². The predicted molar refractivity (Wildman–Crippen MR) is 130 cm³/mol. The molecule has 33 heavy (non-hydrogen) atoms. The van der Waals surface area contributed by atoms with Crippen LogP contribution in [0.3, 0.4) is 0 Å². The van der Waals surface area contributed by atoms with E-state index >= 15 is 0 Å². The lowest BCUT2D eigenvalue weighted by Gasteiger charge is -2.19. The van der Waals surface area contributed by atoms with Crippen molar-refractivity contribution >= 4 is 15.9 Å². The van der Waals surface area contributed by atoms with Crippen molar-refractivity contribution < 1.29 is 13.2 Å². The SMILES string of the molecule is CCC(NC(=O)CCNS(=O)(=O)c1ccc(C(C)(C)C)cc1)c1ncc(-c2ccccc2)[nH]1. The number of aromatic amines is 1. The second kappa shape index (κ2) is 10.3. The summed E-state index contributed by atoms with van der Waals surface area (Å²) in [4.78, 5) is 20.3. The van der Waals surface area contributed by atoms with Crippen LogP contribution in [-0.4, -0.2) is 30.8 Å². The lowest BCUT2D eigenvalue weighted by Crippen LogP contribution is -2.33. The smallest absolute Gasteiger partial charge is 0.240 e. The van der Waals surface area contributed by atoms with Crippen LogP contribution >= 0.6 is 0 Å². The number of sulfonamides is 1. The van der Waals surface area contributed by atoms with Crippen LogP contribution in [0.5, 0.6) is 0 Å². The summed E-state index contributed by atoms with van der Waals surface area (Å²) in [6, 6.07) is 16.4. The van der Waals surface area contributed by atoms with Gasteiger partial charge in [-0.15, -0.1) is 0 Å². The van der Waals surface area contributed by atoms with Gasteiger partial charge in [-0.2, -0.15) is 0 Å². The molecule has 2 aromatic carbocycles. The highest BCUT2D eigenvalue weighted by atomic mass is 32.2. The fourth-order valence-electron chi connectivity index (χ4n) is 3.42. The number of carbonyl (C=O) groups excluding carboxylic acids is 1. The maximum atomic E-state index is 12.6. The summed E-state index contributed by atoms with van der Waals surface area (Å²) < 4.78 is 27.6. The Bertz CT molecular complexity index is 1160. The standard InChI is InChI=1S/C25H32N4O3S/c1-5-21(24-26-17-22(29-24)18-9-7-6-8-10-18)28-23(30)15-16-27-33(31,32)20-13-11-19(12-14-20)25(2,3)4/h6-14,17,21,27H,5,15-16H2,1-4H3,(H,26,29)(H,28,30). The first-order chi connectivity index (χ1) is 15.6. The second-order valence-corrected chi connectivity index (χ2v) is 10.8. The molecule has 1 unspecified atom stereocenters. The Morgan fingerprint density at radius 2 is 1.73 bits per heavy atom. The van der Waals surface area contributed by atoms with Gasteiger partial charge in [-0.25, -0.2) is 18.1 Å². The molecule has 1 atom stereocenters. The fourth-order valence-corrected chi connectivity index (χ4v) is 4.46. The summed E-state index contributed by atoms with van der Waals surface area (Å²) in [5.41, 5.74) is 2.89. The highest BCUT2D eigenvalue weighted by Crippen LogP contribution is 2.23. The summed E-state index contributed by atoms with van der Waals surface area (Å²) in [7, 11) is -3.68. The first kappa shape index (κ1) is 24.7.